The number of allylic oxidation sites excluding steroid dienone is 1. The van der Waals surface area contributed by atoms with Crippen LogP contribution in [0.3, 0.4) is 0 Å². The highest BCUT2D eigenvalue weighted by Crippen LogP contribution is 2.21. The zero-order valence-electron chi connectivity index (χ0n) is 20.6. The van der Waals surface area contributed by atoms with Crippen LogP contribution in [-0.4, -0.2) is 50.1 Å². The van der Waals surface area contributed by atoms with E-state index in [1.165, 1.54) is 13.0 Å². The summed E-state index contributed by atoms with van der Waals surface area (Å²) in [7, 11) is -3.84. The minimum atomic E-state index is -3.84. The fraction of sp³-hybridized carbons (Fsp3) is 0.762. The number of ether oxygens (including phenoxy) is 1. The Labute approximate surface area is 192 Å². The first-order chi connectivity index (χ1) is 14.3. The van der Waals surface area contributed by atoms with Crippen molar-refractivity contribution in [2.45, 2.75) is 79.5 Å². The quantitative estimate of drug-likeness (QED) is 0.328. The average Bonchev–Trinajstić information content (AvgIpc) is 2.56. The molecule has 186 valence electrons. The molecule has 0 aromatic heterocycles. The molecule has 0 aromatic rings. The van der Waals surface area contributed by atoms with E-state index < -0.39 is 45.4 Å². The molecule has 3 atom stereocenters. The molecule has 32 heavy (non-hydrogen) atoms. The number of hydrogen-bond acceptors (Lipinski definition) is 8. The summed E-state index contributed by atoms with van der Waals surface area (Å²) in [5, 5.41) is 1.93. The van der Waals surface area contributed by atoms with Gasteiger partial charge in [0.05, 0.1) is 12.1 Å². The van der Waals surface area contributed by atoms with Gasteiger partial charge in [-0.2, -0.15) is 0 Å². The number of amides is 2. The van der Waals surface area contributed by atoms with E-state index in [4.69, 9.17) is 10.5 Å². The first-order valence-corrected chi connectivity index (χ1v) is 12.5. The van der Waals surface area contributed by atoms with Crippen molar-refractivity contribution in [3.63, 3.8) is 0 Å². The summed E-state index contributed by atoms with van der Waals surface area (Å²) >= 11 is 0. The number of carbonyl (C=O) groups excluding carboxylic acids is 3. The lowest BCUT2D eigenvalue weighted by Gasteiger charge is -2.27. The highest BCUT2D eigenvalue weighted by atomic mass is 32.2. The van der Waals surface area contributed by atoms with Gasteiger partial charge >= 0.3 is 6.09 Å². The molecule has 0 saturated carbocycles. The monoisotopic (exact) mass is 476 g/mol. The van der Waals surface area contributed by atoms with E-state index in [1.54, 1.807) is 34.6 Å². The summed E-state index contributed by atoms with van der Waals surface area (Å²) in [4.78, 5) is 37.4. The van der Waals surface area contributed by atoms with Crippen LogP contribution in [0, 0.1) is 17.8 Å². The second-order valence-corrected chi connectivity index (χ2v) is 11.7. The number of Topliss-reactive ketones (excluding diaryl/α,β-unsaturated/α-hetero) is 1. The Kier molecular flexibility index (Phi) is 11.5. The maximum Gasteiger partial charge on any atom is 0.422 e. The lowest BCUT2D eigenvalue weighted by molar-refractivity contribution is -0.125. The highest BCUT2D eigenvalue weighted by molar-refractivity contribution is 7.94. The van der Waals surface area contributed by atoms with Gasteiger partial charge in [0, 0.05) is 12.2 Å². The molecule has 0 radical (unpaired) electrons. The molecule has 0 heterocycles. The van der Waals surface area contributed by atoms with Crippen LogP contribution in [0.15, 0.2) is 11.1 Å². The van der Waals surface area contributed by atoms with Gasteiger partial charge in [0.25, 0.3) is 0 Å². The number of hydrogen-bond donors (Lipinski definition) is 4. The Morgan fingerprint density at radius 3 is 1.97 bits per heavy atom. The summed E-state index contributed by atoms with van der Waals surface area (Å²) in [5.41, 5.74) is 9.91. The SMILES string of the molecule is CC(C)C[C@@H](C=C(NC(=O)[C@H](C)N)S(C)(=O)=O)C(=O)[C@@H](NNC(=O)OC(C)(C)C)C(C)C. The molecule has 0 aliphatic rings. The molecular formula is C21H40N4O6S. The summed E-state index contributed by atoms with van der Waals surface area (Å²) in [6.07, 6.45) is 1.79. The van der Waals surface area contributed by atoms with Crippen LogP contribution < -0.4 is 21.9 Å². The van der Waals surface area contributed by atoms with Gasteiger partial charge in [-0.15, -0.1) is 0 Å². The summed E-state index contributed by atoms with van der Waals surface area (Å²) in [6, 6.07) is -1.75. The van der Waals surface area contributed by atoms with Gasteiger partial charge in [-0.25, -0.2) is 18.6 Å². The van der Waals surface area contributed by atoms with E-state index in [1.807, 2.05) is 13.8 Å². The molecule has 0 aliphatic carbocycles. The zero-order chi connectivity index (χ0) is 25.4. The zero-order valence-corrected chi connectivity index (χ0v) is 21.4. The number of rotatable bonds is 11. The van der Waals surface area contributed by atoms with Crippen molar-refractivity contribution in [1.82, 2.24) is 16.2 Å². The topological polar surface area (TPSA) is 157 Å². The lowest BCUT2D eigenvalue weighted by Crippen LogP contribution is -2.53. The molecule has 10 nitrogen and oxygen atoms in total. The van der Waals surface area contributed by atoms with E-state index >= 15 is 0 Å². The van der Waals surface area contributed by atoms with Gasteiger partial charge in [0.2, 0.25) is 5.91 Å². The van der Waals surface area contributed by atoms with Crippen molar-refractivity contribution in [3.05, 3.63) is 11.1 Å². The van der Waals surface area contributed by atoms with E-state index in [2.05, 4.69) is 16.2 Å². The molecule has 0 rings (SSSR count). The van der Waals surface area contributed by atoms with Crippen molar-refractivity contribution >= 4 is 27.6 Å². The minimum absolute atomic E-state index is 0.0526. The van der Waals surface area contributed by atoms with Crippen LogP contribution in [-0.2, 0) is 24.2 Å². The molecule has 0 aliphatic heterocycles. The first kappa shape index (κ1) is 30.0. The number of sulfone groups is 1. The smallest absolute Gasteiger partial charge is 0.422 e. The predicted molar refractivity (Wildman–Crippen MR) is 124 cm³/mol. The molecule has 5 N–H and O–H groups in total. The maximum absolute atomic E-state index is 13.4. The molecule has 0 aromatic carbocycles. The van der Waals surface area contributed by atoms with Gasteiger partial charge in [-0.3, -0.25) is 15.0 Å². The Balaban J connectivity index is 5.93. The predicted octanol–water partition coefficient (Wildman–Crippen LogP) is 1.62. The third-order valence-electron chi connectivity index (χ3n) is 4.20. The van der Waals surface area contributed by atoms with E-state index in [0.29, 0.717) is 6.42 Å². The summed E-state index contributed by atoms with van der Waals surface area (Å²) in [6.45, 7) is 13.9. The molecule has 0 saturated heterocycles. The van der Waals surface area contributed by atoms with Gasteiger partial charge in [-0.1, -0.05) is 27.7 Å². The van der Waals surface area contributed by atoms with Crippen LogP contribution in [0.25, 0.3) is 0 Å². The average molecular weight is 477 g/mol. The number of carbonyl (C=O) groups is 3. The first-order valence-electron chi connectivity index (χ1n) is 10.6. The Hall–Kier alpha value is -1.98. The number of hydrazine groups is 1. The van der Waals surface area contributed by atoms with Gasteiger partial charge in [-0.05, 0) is 52.0 Å². The lowest BCUT2D eigenvalue weighted by atomic mass is 9.86. The van der Waals surface area contributed by atoms with Crippen molar-refractivity contribution < 1.29 is 27.5 Å². The fourth-order valence-corrected chi connectivity index (χ4v) is 3.38. The van der Waals surface area contributed by atoms with E-state index in [-0.39, 0.29) is 22.6 Å². The molecule has 0 bridgehead atoms. The number of ketones is 1. The van der Waals surface area contributed by atoms with Gasteiger partial charge in [0.1, 0.15) is 10.6 Å². The Morgan fingerprint density at radius 1 is 1.06 bits per heavy atom. The molecule has 0 spiro atoms. The van der Waals surface area contributed by atoms with Crippen LogP contribution >= 0.6 is 0 Å². The van der Waals surface area contributed by atoms with Gasteiger partial charge in [0.15, 0.2) is 15.6 Å². The van der Waals surface area contributed by atoms with Crippen LogP contribution in [0.4, 0.5) is 4.79 Å². The molecule has 2 amide bonds. The third kappa shape index (κ3) is 11.6. The highest BCUT2D eigenvalue weighted by Gasteiger charge is 2.31. The van der Waals surface area contributed by atoms with Crippen molar-refractivity contribution in [3.8, 4) is 0 Å². The second-order valence-electron chi connectivity index (χ2n) is 9.71. The van der Waals surface area contributed by atoms with Crippen molar-refractivity contribution in [2.24, 2.45) is 23.5 Å². The third-order valence-corrected chi connectivity index (χ3v) is 5.24. The summed E-state index contributed by atoms with van der Waals surface area (Å²) in [5.74, 6) is -2.03. The molecular weight excluding hydrogens is 436 g/mol. The van der Waals surface area contributed by atoms with Crippen molar-refractivity contribution in [1.29, 1.82) is 0 Å². The van der Waals surface area contributed by atoms with Crippen molar-refractivity contribution in [2.75, 3.05) is 6.26 Å². The number of nitrogens with one attached hydrogen (secondary N) is 3. The largest absolute Gasteiger partial charge is 0.443 e. The van der Waals surface area contributed by atoms with E-state index in [9.17, 15) is 22.8 Å². The Morgan fingerprint density at radius 2 is 1.59 bits per heavy atom. The minimum Gasteiger partial charge on any atom is -0.443 e. The standard InChI is InChI=1S/C21H40N4O6S/c1-12(2)10-15(11-16(32(9,29)30)23-19(27)14(5)22)18(26)17(13(3)4)24-25-20(28)31-21(6,7)8/h11-15,17,24H,10,22H2,1-9H3,(H,23,27)(H,25,28)/t14-,15-,17-/m0/s1. The maximum atomic E-state index is 13.4. The molecule has 0 fully saturated rings. The second kappa shape index (κ2) is 12.3. The van der Waals surface area contributed by atoms with E-state index in [0.717, 1.165) is 6.26 Å². The van der Waals surface area contributed by atoms with Crippen LogP contribution in [0.1, 0.15) is 61.8 Å². The summed E-state index contributed by atoms with van der Waals surface area (Å²) < 4.78 is 29.7. The normalized spacial score (nSPS) is 15.8. The van der Waals surface area contributed by atoms with Crippen LogP contribution in [0.5, 0.6) is 0 Å². The van der Waals surface area contributed by atoms with Crippen LogP contribution in [0.2, 0.25) is 0 Å². The van der Waals surface area contributed by atoms with Gasteiger partial charge < -0.3 is 15.8 Å². The number of nitrogens with two attached hydrogens (primary N) is 1. The fourth-order valence-electron chi connectivity index (χ4n) is 2.69. The Bertz CT molecular complexity index is 798. The molecule has 0 unspecified atom stereocenters. The molecule has 11 heteroatoms.